The number of imidazole rings is 1. The van der Waals surface area contributed by atoms with Gasteiger partial charge in [-0.15, -0.1) is 0 Å². The van der Waals surface area contributed by atoms with Crippen molar-refractivity contribution < 1.29 is 24.6 Å². The van der Waals surface area contributed by atoms with Crippen molar-refractivity contribution in [2.75, 3.05) is 12.3 Å². The first-order valence-electron chi connectivity index (χ1n) is 6.61. The lowest BCUT2D eigenvalue weighted by atomic mass is 10.1. The van der Waals surface area contributed by atoms with Crippen LogP contribution >= 0.6 is 0 Å². The van der Waals surface area contributed by atoms with Crippen LogP contribution in [-0.4, -0.2) is 60.7 Å². The number of ether oxygens (including phenoxy) is 1. The van der Waals surface area contributed by atoms with Gasteiger partial charge in [-0.2, -0.15) is 0 Å². The molecule has 0 radical (unpaired) electrons. The molecule has 0 spiro atoms. The van der Waals surface area contributed by atoms with Gasteiger partial charge in [0.15, 0.2) is 17.7 Å². The minimum absolute atomic E-state index is 0.187. The number of nitrogens with one attached hydrogen (secondary N) is 1. The third kappa shape index (κ3) is 2.75. The Morgan fingerprint density at radius 1 is 1.39 bits per heavy atom. The van der Waals surface area contributed by atoms with E-state index in [-0.39, 0.29) is 12.4 Å². The number of urea groups is 1. The first-order chi connectivity index (χ1) is 11.0. The quantitative estimate of drug-likeness (QED) is 0.383. The average molecular weight is 325 g/mol. The molecule has 0 aromatic carbocycles. The summed E-state index contributed by atoms with van der Waals surface area (Å²) in [6, 6.07) is -0.887. The van der Waals surface area contributed by atoms with Crippen molar-refractivity contribution in [3.05, 3.63) is 12.7 Å². The molecule has 1 aliphatic rings. The predicted molar refractivity (Wildman–Crippen MR) is 74.3 cm³/mol. The molecule has 2 amide bonds. The van der Waals surface area contributed by atoms with E-state index in [1.807, 2.05) is 5.48 Å². The lowest BCUT2D eigenvalue weighted by molar-refractivity contribution is -0.0781. The van der Waals surface area contributed by atoms with Gasteiger partial charge >= 0.3 is 6.03 Å². The van der Waals surface area contributed by atoms with E-state index in [0.29, 0.717) is 11.2 Å². The van der Waals surface area contributed by atoms with Crippen LogP contribution in [0.2, 0.25) is 0 Å². The maximum atomic E-state index is 10.5. The summed E-state index contributed by atoms with van der Waals surface area (Å²) in [6.45, 7) is -0.207. The third-order valence-electron chi connectivity index (χ3n) is 3.42. The van der Waals surface area contributed by atoms with Crippen LogP contribution in [-0.2, 0) is 9.57 Å². The second kappa shape index (κ2) is 5.92. The highest BCUT2D eigenvalue weighted by Gasteiger charge is 2.44. The second-order valence-electron chi connectivity index (χ2n) is 4.91. The molecule has 3 rings (SSSR count). The van der Waals surface area contributed by atoms with Crippen molar-refractivity contribution in [1.29, 1.82) is 0 Å². The van der Waals surface area contributed by atoms with Crippen LogP contribution in [0, 0.1) is 0 Å². The number of primary amides is 1. The van der Waals surface area contributed by atoms with Gasteiger partial charge in [0, 0.05) is 0 Å². The third-order valence-corrected chi connectivity index (χ3v) is 3.42. The molecular formula is C11H15N7O5. The monoisotopic (exact) mass is 325 g/mol. The number of aliphatic hydroxyl groups is 2. The number of nitrogen functional groups attached to an aromatic ring is 1. The SMILES string of the molecule is NC(=O)NOC[C@H]1O[C@@H](n2cnc3c(N)ncnc32)[C@H](O)[C@@H]1O. The maximum absolute atomic E-state index is 10.5. The molecule has 0 bridgehead atoms. The zero-order valence-corrected chi connectivity index (χ0v) is 11.7. The number of nitrogens with two attached hydrogens (primary N) is 2. The number of nitrogens with zero attached hydrogens (tertiary/aromatic N) is 4. The first-order valence-corrected chi connectivity index (χ1v) is 6.61. The molecule has 23 heavy (non-hydrogen) atoms. The Morgan fingerprint density at radius 3 is 2.91 bits per heavy atom. The summed E-state index contributed by atoms with van der Waals surface area (Å²) in [5.74, 6) is 0.187. The van der Waals surface area contributed by atoms with Crippen molar-refractivity contribution in [2.24, 2.45) is 5.73 Å². The van der Waals surface area contributed by atoms with Crippen molar-refractivity contribution in [3.8, 4) is 0 Å². The van der Waals surface area contributed by atoms with Crippen molar-refractivity contribution in [2.45, 2.75) is 24.5 Å². The zero-order chi connectivity index (χ0) is 16.6. The van der Waals surface area contributed by atoms with Gasteiger partial charge in [0.1, 0.15) is 36.8 Å². The number of fused-ring (bicyclic) bond motifs is 1. The Morgan fingerprint density at radius 2 is 2.17 bits per heavy atom. The highest BCUT2D eigenvalue weighted by atomic mass is 16.7. The number of aromatic nitrogens is 4. The Kier molecular flexibility index (Phi) is 3.96. The largest absolute Gasteiger partial charge is 0.387 e. The fourth-order valence-corrected chi connectivity index (χ4v) is 2.35. The number of anilines is 1. The highest BCUT2D eigenvalue weighted by molar-refractivity contribution is 5.81. The summed E-state index contributed by atoms with van der Waals surface area (Å²) in [4.78, 5) is 27.3. The topological polar surface area (TPSA) is 184 Å². The number of hydrogen-bond acceptors (Lipinski definition) is 9. The van der Waals surface area contributed by atoms with Gasteiger partial charge in [-0.25, -0.2) is 25.2 Å². The molecule has 124 valence electrons. The van der Waals surface area contributed by atoms with Gasteiger partial charge in [-0.3, -0.25) is 9.40 Å². The first kappa shape index (κ1) is 15.4. The summed E-state index contributed by atoms with van der Waals surface area (Å²) < 4.78 is 7.00. The zero-order valence-electron chi connectivity index (χ0n) is 11.7. The standard InChI is InChI=1S/C11H15N7O5/c12-8-5-9(15-2-14-8)18(3-16-5)10-7(20)6(19)4(23-10)1-22-17-11(13)21/h2-4,6-7,10,19-20H,1H2,(H2,12,14,15)(H3,13,17,21)/t4-,6-,7-,10-/m1/s1. The summed E-state index contributed by atoms with van der Waals surface area (Å²) in [5.41, 5.74) is 13.2. The van der Waals surface area contributed by atoms with Crippen LogP contribution in [0.5, 0.6) is 0 Å². The minimum atomic E-state index is -1.26. The van der Waals surface area contributed by atoms with Crippen LogP contribution in [0.25, 0.3) is 11.2 Å². The molecule has 12 heteroatoms. The Bertz CT molecular complexity index is 722. The second-order valence-corrected chi connectivity index (χ2v) is 4.91. The van der Waals surface area contributed by atoms with Crippen molar-refractivity contribution >= 4 is 23.0 Å². The molecule has 12 nitrogen and oxygen atoms in total. The van der Waals surface area contributed by atoms with E-state index in [1.54, 1.807) is 0 Å². The molecule has 1 fully saturated rings. The van der Waals surface area contributed by atoms with Crippen LogP contribution in [0.4, 0.5) is 10.6 Å². The predicted octanol–water partition coefficient (Wildman–Crippen LogP) is -2.37. The average Bonchev–Trinajstić information content (AvgIpc) is 3.04. The maximum Gasteiger partial charge on any atom is 0.336 e. The molecule has 2 aromatic rings. The number of carbonyl (C=O) groups is 1. The molecule has 0 unspecified atom stereocenters. The van der Waals surface area contributed by atoms with Gasteiger partial charge in [-0.1, -0.05) is 0 Å². The molecule has 2 aromatic heterocycles. The van der Waals surface area contributed by atoms with E-state index in [2.05, 4.69) is 15.0 Å². The number of hydrogen-bond donors (Lipinski definition) is 5. The lowest BCUT2D eigenvalue weighted by Gasteiger charge is -2.16. The van der Waals surface area contributed by atoms with Gasteiger partial charge < -0.3 is 26.4 Å². The number of hydroxylamine groups is 1. The molecule has 1 saturated heterocycles. The minimum Gasteiger partial charge on any atom is -0.387 e. The van der Waals surface area contributed by atoms with Gasteiger partial charge in [0.25, 0.3) is 0 Å². The van der Waals surface area contributed by atoms with E-state index in [0.717, 1.165) is 0 Å². The fourth-order valence-electron chi connectivity index (χ4n) is 2.35. The molecule has 7 N–H and O–H groups in total. The van der Waals surface area contributed by atoms with E-state index < -0.39 is 30.6 Å². The Hall–Kier alpha value is -2.54. The smallest absolute Gasteiger partial charge is 0.336 e. The summed E-state index contributed by atoms with van der Waals surface area (Å²) in [6.07, 6.45) is -1.71. The Balaban J connectivity index is 1.80. The van der Waals surface area contributed by atoms with E-state index in [1.165, 1.54) is 17.2 Å². The molecule has 0 saturated carbocycles. The fraction of sp³-hybridized carbons (Fsp3) is 0.455. The van der Waals surface area contributed by atoms with E-state index in [9.17, 15) is 15.0 Å². The lowest BCUT2D eigenvalue weighted by Crippen LogP contribution is -2.37. The number of aliphatic hydroxyl groups excluding tert-OH is 2. The number of carbonyl (C=O) groups excluding carboxylic acids is 1. The van der Waals surface area contributed by atoms with Gasteiger partial charge in [0.05, 0.1) is 6.33 Å². The molecule has 1 aliphatic heterocycles. The normalized spacial score (nSPS) is 27.4. The number of amides is 2. The summed E-state index contributed by atoms with van der Waals surface area (Å²) in [5, 5.41) is 20.2. The van der Waals surface area contributed by atoms with E-state index in [4.69, 9.17) is 21.0 Å². The van der Waals surface area contributed by atoms with Crippen molar-refractivity contribution in [3.63, 3.8) is 0 Å². The molecule has 3 heterocycles. The number of rotatable bonds is 4. The van der Waals surface area contributed by atoms with Gasteiger partial charge in [0.2, 0.25) is 0 Å². The molecule has 0 aliphatic carbocycles. The van der Waals surface area contributed by atoms with Crippen molar-refractivity contribution in [1.82, 2.24) is 25.0 Å². The van der Waals surface area contributed by atoms with E-state index >= 15 is 0 Å². The van der Waals surface area contributed by atoms with Crippen LogP contribution < -0.4 is 16.9 Å². The van der Waals surface area contributed by atoms with Crippen LogP contribution in [0.1, 0.15) is 6.23 Å². The van der Waals surface area contributed by atoms with Crippen LogP contribution in [0.3, 0.4) is 0 Å². The highest BCUT2D eigenvalue weighted by Crippen LogP contribution is 2.31. The van der Waals surface area contributed by atoms with Gasteiger partial charge in [-0.05, 0) is 0 Å². The Labute approximate surface area is 129 Å². The molecular weight excluding hydrogens is 310 g/mol. The van der Waals surface area contributed by atoms with Crippen LogP contribution in [0.15, 0.2) is 12.7 Å². The molecule has 4 atom stereocenters. The summed E-state index contributed by atoms with van der Waals surface area (Å²) >= 11 is 0. The summed E-state index contributed by atoms with van der Waals surface area (Å²) in [7, 11) is 0.